The Morgan fingerprint density at radius 2 is 1.23 bits per heavy atom. The second kappa shape index (κ2) is 10.5. The predicted molar refractivity (Wildman–Crippen MR) is 145 cm³/mol. The maximum Gasteiger partial charge on any atom is 0.0160 e. The zero-order valence-electron chi connectivity index (χ0n) is 21.1. The SMILES string of the molecule is Brc1cc[c-]c(-c2ccccn2)c1.CC1(C)c2c[c-]c(-c3ccccn3)cc2C(C)(C)C1(C)C.[Ir]. The van der Waals surface area contributed by atoms with Gasteiger partial charge in [-0.3, -0.25) is 0 Å². The van der Waals surface area contributed by atoms with Crippen LogP contribution in [0.3, 0.4) is 0 Å². The van der Waals surface area contributed by atoms with Crippen LogP contribution >= 0.6 is 15.9 Å². The summed E-state index contributed by atoms with van der Waals surface area (Å²) in [7, 11) is 0. The molecule has 35 heavy (non-hydrogen) atoms. The molecule has 0 saturated carbocycles. The Bertz CT molecular complexity index is 1280. The number of pyridine rings is 2. The summed E-state index contributed by atoms with van der Waals surface area (Å²) in [6.45, 7) is 14.2. The van der Waals surface area contributed by atoms with Crippen molar-refractivity contribution in [3.8, 4) is 22.5 Å². The summed E-state index contributed by atoms with van der Waals surface area (Å²) in [5.74, 6) is 0. The van der Waals surface area contributed by atoms with E-state index in [9.17, 15) is 0 Å². The Morgan fingerprint density at radius 3 is 1.74 bits per heavy atom. The van der Waals surface area contributed by atoms with Crippen LogP contribution < -0.4 is 0 Å². The third kappa shape index (κ3) is 5.07. The molecule has 0 bridgehead atoms. The summed E-state index contributed by atoms with van der Waals surface area (Å²) in [5, 5.41) is 0. The standard InChI is InChI=1S/C20H24N.C11H7BrN.Ir/c1-18(2)15-11-10-14(17-9-7-8-12-21-17)13-16(15)19(3,4)20(18,5)6;12-10-5-3-4-9(8-10)11-6-1-2-7-13-11;/h7-9,11-13H,1-6H3;1-3,5-8H;/q2*-1;. The van der Waals surface area contributed by atoms with Gasteiger partial charge in [0.15, 0.2) is 0 Å². The number of benzene rings is 2. The normalized spacial score (nSPS) is 16.3. The molecule has 0 saturated heterocycles. The van der Waals surface area contributed by atoms with Crippen molar-refractivity contribution in [1.29, 1.82) is 0 Å². The molecule has 2 heterocycles. The summed E-state index contributed by atoms with van der Waals surface area (Å²) < 4.78 is 1.05. The number of hydrogen-bond acceptors (Lipinski definition) is 2. The molecule has 1 aliphatic rings. The summed E-state index contributed by atoms with van der Waals surface area (Å²) in [5.41, 5.74) is 7.39. The van der Waals surface area contributed by atoms with Gasteiger partial charge in [0.1, 0.15) is 0 Å². The minimum absolute atomic E-state index is 0. The fourth-order valence-corrected chi connectivity index (χ4v) is 5.12. The Hall–Kier alpha value is -2.13. The third-order valence-corrected chi connectivity index (χ3v) is 8.56. The minimum Gasteiger partial charge on any atom is -0.305 e. The number of nitrogens with zero attached hydrogens (tertiary/aromatic N) is 2. The van der Waals surface area contributed by atoms with Crippen LogP contribution in [0.15, 0.2) is 83.6 Å². The van der Waals surface area contributed by atoms with Gasteiger partial charge >= 0.3 is 0 Å². The van der Waals surface area contributed by atoms with E-state index in [1.54, 1.807) is 6.20 Å². The zero-order valence-corrected chi connectivity index (χ0v) is 25.1. The molecule has 2 aromatic carbocycles. The summed E-state index contributed by atoms with van der Waals surface area (Å²) in [4.78, 5) is 8.70. The van der Waals surface area contributed by atoms with Crippen molar-refractivity contribution in [2.75, 3.05) is 0 Å². The molecule has 0 amide bonds. The van der Waals surface area contributed by atoms with Crippen molar-refractivity contribution >= 4 is 15.9 Å². The van der Waals surface area contributed by atoms with Crippen LogP contribution in [0.1, 0.15) is 52.7 Å². The molecular weight excluding hydrogens is 672 g/mol. The minimum atomic E-state index is 0. The predicted octanol–water partition coefficient (Wildman–Crippen LogP) is 8.45. The second-order valence-corrected chi connectivity index (χ2v) is 11.3. The van der Waals surface area contributed by atoms with Crippen LogP contribution in [0.4, 0.5) is 0 Å². The largest absolute Gasteiger partial charge is 0.305 e. The number of rotatable bonds is 2. The van der Waals surface area contributed by atoms with Crippen LogP contribution in [0.2, 0.25) is 0 Å². The van der Waals surface area contributed by atoms with E-state index in [0.29, 0.717) is 0 Å². The van der Waals surface area contributed by atoms with Gasteiger partial charge in [-0.25, -0.2) is 0 Å². The first-order chi connectivity index (χ1) is 16.1. The van der Waals surface area contributed by atoms with E-state index in [0.717, 1.165) is 27.0 Å². The molecule has 0 spiro atoms. The Morgan fingerprint density at radius 1 is 0.686 bits per heavy atom. The van der Waals surface area contributed by atoms with E-state index in [2.05, 4.69) is 97.8 Å². The summed E-state index contributed by atoms with van der Waals surface area (Å²) >= 11 is 3.41. The summed E-state index contributed by atoms with van der Waals surface area (Å²) in [6, 6.07) is 28.8. The van der Waals surface area contributed by atoms with Crippen LogP contribution in [0.5, 0.6) is 0 Å². The molecule has 183 valence electrons. The Labute approximate surface area is 232 Å². The molecule has 2 aromatic heterocycles. The molecule has 0 unspecified atom stereocenters. The molecule has 2 nitrogen and oxygen atoms in total. The molecular formula is C31H31BrIrN2-2. The van der Waals surface area contributed by atoms with Gasteiger partial charge in [-0.1, -0.05) is 86.2 Å². The quantitative estimate of drug-likeness (QED) is 0.196. The van der Waals surface area contributed by atoms with Crippen molar-refractivity contribution < 1.29 is 20.1 Å². The average Bonchev–Trinajstić information content (AvgIpc) is 2.94. The van der Waals surface area contributed by atoms with Crippen LogP contribution in [-0.4, -0.2) is 9.97 Å². The monoisotopic (exact) mass is 703 g/mol. The molecule has 0 atom stereocenters. The first-order valence-corrected chi connectivity index (χ1v) is 12.4. The topological polar surface area (TPSA) is 25.8 Å². The van der Waals surface area contributed by atoms with Gasteiger partial charge in [0.2, 0.25) is 0 Å². The van der Waals surface area contributed by atoms with Crippen LogP contribution in [0.25, 0.3) is 22.5 Å². The molecule has 5 rings (SSSR count). The van der Waals surface area contributed by atoms with E-state index < -0.39 is 0 Å². The van der Waals surface area contributed by atoms with Gasteiger partial charge in [-0.05, 0) is 39.8 Å². The van der Waals surface area contributed by atoms with Gasteiger partial charge in [-0.2, -0.15) is 0 Å². The van der Waals surface area contributed by atoms with E-state index in [1.165, 1.54) is 11.1 Å². The van der Waals surface area contributed by atoms with Crippen molar-refractivity contribution in [3.05, 3.63) is 107 Å². The molecule has 4 heteroatoms. The van der Waals surface area contributed by atoms with Crippen molar-refractivity contribution in [2.45, 2.75) is 52.4 Å². The van der Waals surface area contributed by atoms with E-state index in [-0.39, 0.29) is 36.4 Å². The molecule has 1 aliphatic carbocycles. The molecule has 4 aromatic rings. The van der Waals surface area contributed by atoms with Gasteiger partial charge in [0.05, 0.1) is 0 Å². The fourth-order valence-electron chi connectivity index (χ4n) is 4.76. The van der Waals surface area contributed by atoms with Gasteiger partial charge < -0.3 is 9.97 Å². The van der Waals surface area contributed by atoms with E-state index in [1.807, 2.05) is 54.7 Å². The van der Waals surface area contributed by atoms with Crippen LogP contribution in [0, 0.1) is 17.5 Å². The van der Waals surface area contributed by atoms with Gasteiger partial charge in [0, 0.05) is 32.5 Å². The van der Waals surface area contributed by atoms with Crippen molar-refractivity contribution in [1.82, 2.24) is 9.97 Å². The maximum absolute atomic E-state index is 4.46. The third-order valence-electron chi connectivity index (χ3n) is 8.07. The number of halogens is 1. The number of hydrogen-bond donors (Lipinski definition) is 0. The molecule has 0 N–H and O–H groups in total. The smallest absolute Gasteiger partial charge is 0.0160 e. The van der Waals surface area contributed by atoms with Gasteiger partial charge in [-0.15, -0.1) is 64.7 Å². The fraction of sp³-hybridized carbons (Fsp3) is 0.290. The van der Waals surface area contributed by atoms with Crippen LogP contribution in [-0.2, 0) is 30.9 Å². The molecule has 0 fully saturated rings. The average molecular weight is 704 g/mol. The van der Waals surface area contributed by atoms with E-state index in [4.69, 9.17) is 0 Å². The van der Waals surface area contributed by atoms with E-state index >= 15 is 0 Å². The summed E-state index contributed by atoms with van der Waals surface area (Å²) in [6.07, 6.45) is 3.62. The zero-order chi connectivity index (χ0) is 24.6. The molecule has 1 radical (unpaired) electrons. The maximum atomic E-state index is 4.46. The Balaban J connectivity index is 0.000000211. The first-order valence-electron chi connectivity index (χ1n) is 11.6. The second-order valence-electron chi connectivity index (χ2n) is 10.4. The first kappa shape index (κ1) is 27.5. The van der Waals surface area contributed by atoms with Gasteiger partial charge in [0.25, 0.3) is 0 Å². The Kier molecular flexibility index (Phi) is 8.21. The van der Waals surface area contributed by atoms with Crippen molar-refractivity contribution in [3.63, 3.8) is 0 Å². The molecule has 0 aliphatic heterocycles. The van der Waals surface area contributed by atoms with Crippen molar-refractivity contribution in [2.24, 2.45) is 5.41 Å². The number of aromatic nitrogens is 2. The number of fused-ring (bicyclic) bond motifs is 1.